The van der Waals surface area contributed by atoms with Crippen LogP contribution in [-0.2, 0) is 17.8 Å². The second-order valence-electron chi connectivity index (χ2n) is 7.74. The van der Waals surface area contributed by atoms with Gasteiger partial charge in [0.2, 0.25) is 5.89 Å². The molecule has 0 aliphatic carbocycles. The van der Waals surface area contributed by atoms with Gasteiger partial charge in [0.25, 0.3) is 5.91 Å². The first kappa shape index (κ1) is 20.9. The number of benzene rings is 2. The highest BCUT2D eigenvalue weighted by Crippen LogP contribution is 2.34. The van der Waals surface area contributed by atoms with E-state index in [1.807, 2.05) is 54.6 Å². The van der Waals surface area contributed by atoms with E-state index >= 15 is 0 Å². The summed E-state index contributed by atoms with van der Waals surface area (Å²) in [5.41, 5.74) is 2.04. The molecule has 0 spiro atoms. The molecule has 31 heavy (non-hydrogen) atoms. The fourth-order valence-electron chi connectivity index (χ4n) is 3.75. The zero-order chi connectivity index (χ0) is 21.6. The zero-order valence-electron chi connectivity index (χ0n) is 18.0. The van der Waals surface area contributed by atoms with Gasteiger partial charge in [0, 0.05) is 12.5 Å². The summed E-state index contributed by atoms with van der Waals surface area (Å²) in [4.78, 5) is 19.4. The molecule has 1 aromatic heterocycles. The smallest absolute Gasteiger partial charge is 0.263 e. The fourth-order valence-corrected chi connectivity index (χ4v) is 3.75. The van der Waals surface area contributed by atoms with Gasteiger partial charge in [-0.3, -0.25) is 4.79 Å². The summed E-state index contributed by atoms with van der Waals surface area (Å²) < 4.78 is 11.5. The van der Waals surface area contributed by atoms with Gasteiger partial charge in [-0.1, -0.05) is 61.5 Å². The van der Waals surface area contributed by atoms with Crippen LogP contribution in [0, 0.1) is 0 Å². The number of aromatic nitrogens is 2. The Balaban J connectivity index is 1.48. The van der Waals surface area contributed by atoms with Gasteiger partial charge in [-0.25, -0.2) is 0 Å². The van der Waals surface area contributed by atoms with Crippen molar-refractivity contribution in [1.29, 1.82) is 0 Å². The number of rotatable bonds is 8. The Morgan fingerprint density at radius 1 is 1.13 bits per heavy atom. The summed E-state index contributed by atoms with van der Waals surface area (Å²) >= 11 is 0. The predicted octanol–water partition coefficient (Wildman–Crippen LogP) is 3.73. The molecule has 2 aromatic carbocycles. The average Bonchev–Trinajstić information content (AvgIpc) is 3.24. The first-order valence-corrected chi connectivity index (χ1v) is 10.8. The van der Waals surface area contributed by atoms with E-state index in [0.717, 1.165) is 24.1 Å². The molecular weight excluding hydrogens is 392 g/mol. The fraction of sp³-hybridized carbons (Fsp3) is 0.375. The van der Waals surface area contributed by atoms with Crippen molar-refractivity contribution in [2.24, 2.45) is 0 Å². The topological polar surface area (TPSA) is 80.5 Å². The van der Waals surface area contributed by atoms with Crippen molar-refractivity contribution in [3.8, 4) is 5.75 Å². The lowest BCUT2D eigenvalue weighted by molar-refractivity contribution is -0.128. The largest absolute Gasteiger partial charge is 0.477 e. The summed E-state index contributed by atoms with van der Waals surface area (Å²) in [5.74, 6) is 1.75. The number of anilines is 1. The third-order valence-electron chi connectivity index (χ3n) is 5.53. The zero-order valence-corrected chi connectivity index (χ0v) is 18.0. The van der Waals surface area contributed by atoms with Crippen LogP contribution in [0.3, 0.4) is 0 Å². The molecule has 3 aromatic rings. The number of fused-ring (bicyclic) bond motifs is 1. The average molecular weight is 421 g/mol. The Morgan fingerprint density at radius 3 is 2.65 bits per heavy atom. The molecule has 2 heterocycles. The number of nitrogens with zero attached hydrogens (tertiary/aromatic N) is 3. The number of carbonyl (C=O) groups excluding carboxylic acids is 1. The number of para-hydroxylation sites is 2. The quantitative estimate of drug-likeness (QED) is 0.598. The first-order valence-electron chi connectivity index (χ1n) is 10.8. The van der Waals surface area contributed by atoms with Gasteiger partial charge in [-0.15, -0.1) is 0 Å². The van der Waals surface area contributed by atoms with E-state index in [9.17, 15) is 4.79 Å². The van der Waals surface area contributed by atoms with E-state index < -0.39 is 6.10 Å². The summed E-state index contributed by atoms with van der Waals surface area (Å²) in [5, 5.41) is 7.22. The van der Waals surface area contributed by atoms with Crippen LogP contribution in [0.5, 0.6) is 5.75 Å². The minimum absolute atomic E-state index is 0.0940. The van der Waals surface area contributed by atoms with Crippen LogP contribution < -0.4 is 15.0 Å². The number of nitrogens with one attached hydrogen (secondary N) is 1. The molecule has 0 saturated carbocycles. The number of amides is 1. The molecule has 0 bridgehead atoms. The maximum absolute atomic E-state index is 12.8. The highest BCUT2D eigenvalue weighted by atomic mass is 16.5. The molecule has 1 atom stereocenters. The summed E-state index contributed by atoms with van der Waals surface area (Å²) in [6, 6.07) is 17.9. The Hall–Kier alpha value is -3.35. The van der Waals surface area contributed by atoms with E-state index in [0.29, 0.717) is 37.0 Å². The molecule has 162 valence electrons. The van der Waals surface area contributed by atoms with Gasteiger partial charge >= 0.3 is 0 Å². The van der Waals surface area contributed by atoms with Gasteiger partial charge in [-0.05, 0) is 30.5 Å². The van der Waals surface area contributed by atoms with E-state index in [-0.39, 0.29) is 11.9 Å². The van der Waals surface area contributed by atoms with Gasteiger partial charge in [0.05, 0.1) is 18.8 Å². The van der Waals surface area contributed by atoms with Gasteiger partial charge in [0.15, 0.2) is 11.9 Å². The lowest BCUT2D eigenvalue weighted by atomic mass is 10.1. The minimum atomic E-state index is -0.595. The molecule has 7 nitrogen and oxygen atoms in total. The monoisotopic (exact) mass is 420 g/mol. The number of hydrogen-bond acceptors (Lipinski definition) is 6. The van der Waals surface area contributed by atoms with E-state index in [1.54, 1.807) is 0 Å². The van der Waals surface area contributed by atoms with Crippen molar-refractivity contribution >= 4 is 11.6 Å². The summed E-state index contributed by atoms with van der Waals surface area (Å²) in [6.45, 7) is 4.97. The summed E-state index contributed by atoms with van der Waals surface area (Å²) in [6.07, 6.45) is 1.80. The molecule has 1 amide bonds. The molecule has 1 N–H and O–H groups in total. The lowest BCUT2D eigenvalue weighted by Gasteiger charge is -2.35. The van der Waals surface area contributed by atoms with Crippen molar-refractivity contribution in [2.75, 3.05) is 11.4 Å². The van der Waals surface area contributed by atoms with E-state index in [4.69, 9.17) is 9.26 Å². The Morgan fingerprint density at radius 2 is 1.87 bits per heavy atom. The highest BCUT2D eigenvalue weighted by Gasteiger charge is 2.32. The third kappa shape index (κ3) is 5.05. The van der Waals surface area contributed by atoms with Crippen molar-refractivity contribution < 1.29 is 14.1 Å². The molecule has 4 rings (SSSR count). The number of carbonyl (C=O) groups is 1. The van der Waals surface area contributed by atoms with Crippen molar-refractivity contribution in [2.45, 2.75) is 51.8 Å². The first-order chi connectivity index (χ1) is 15.2. The molecule has 0 fully saturated rings. The molecule has 0 radical (unpaired) electrons. The van der Waals surface area contributed by atoms with Crippen LogP contribution in [0.2, 0.25) is 0 Å². The van der Waals surface area contributed by atoms with Gasteiger partial charge < -0.3 is 19.5 Å². The van der Waals surface area contributed by atoms with Crippen molar-refractivity contribution in [3.05, 3.63) is 71.9 Å². The van der Waals surface area contributed by atoms with Crippen LogP contribution in [0.4, 0.5) is 5.69 Å². The lowest BCUT2D eigenvalue weighted by Crippen LogP contribution is -2.51. The van der Waals surface area contributed by atoms with E-state index in [2.05, 4.69) is 34.2 Å². The predicted molar refractivity (Wildman–Crippen MR) is 118 cm³/mol. The minimum Gasteiger partial charge on any atom is -0.477 e. The second-order valence-corrected chi connectivity index (χ2v) is 7.74. The normalized spacial score (nSPS) is 15.5. The maximum Gasteiger partial charge on any atom is 0.263 e. The van der Waals surface area contributed by atoms with Crippen molar-refractivity contribution in [1.82, 2.24) is 15.5 Å². The Bertz CT molecular complexity index is 1000. The standard InChI is InChI=1S/C24H28N4O3/c1-3-18(4-2)25-24(29)21-15-28(19-12-8-9-13-20(19)30-21)16-23-26-22(27-31-23)14-17-10-6-5-7-11-17/h5-13,18,21H,3-4,14-16H2,1-2H3,(H,25,29). The number of ether oxygens (including phenoxy) is 1. The summed E-state index contributed by atoms with van der Waals surface area (Å²) in [7, 11) is 0. The van der Waals surface area contributed by atoms with Gasteiger partial charge in [0.1, 0.15) is 5.75 Å². The van der Waals surface area contributed by atoms with Gasteiger partial charge in [-0.2, -0.15) is 4.98 Å². The number of hydrogen-bond donors (Lipinski definition) is 1. The Labute approximate surface area is 182 Å². The maximum atomic E-state index is 12.8. The molecule has 1 aliphatic rings. The highest BCUT2D eigenvalue weighted by molar-refractivity contribution is 5.83. The van der Waals surface area contributed by atoms with Crippen LogP contribution >= 0.6 is 0 Å². The molecule has 1 aliphatic heterocycles. The molecule has 7 heteroatoms. The molecular formula is C24H28N4O3. The van der Waals surface area contributed by atoms with E-state index in [1.165, 1.54) is 0 Å². The van der Waals surface area contributed by atoms with Crippen LogP contribution in [0.15, 0.2) is 59.1 Å². The second kappa shape index (κ2) is 9.64. The molecule has 0 saturated heterocycles. The van der Waals surface area contributed by atoms with Crippen LogP contribution in [0.1, 0.15) is 44.0 Å². The van der Waals surface area contributed by atoms with Crippen LogP contribution in [-0.4, -0.2) is 34.7 Å². The molecule has 1 unspecified atom stereocenters. The third-order valence-corrected chi connectivity index (χ3v) is 5.53. The Kier molecular flexibility index (Phi) is 6.50. The van der Waals surface area contributed by atoms with Crippen LogP contribution in [0.25, 0.3) is 0 Å². The van der Waals surface area contributed by atoms with Crippen molar-refractivity contribution in [3.63, 3.8) is 0 Å². The SMILES string of the molecule is CCC(CC)NC(=O)C1CN(Cc2nc(Cc3ccccc3)no2)c2ccccc2O1.